The molecule has 0 amide bonds. The number of allylic oxidation sites excluding steroid dienone is 6. The topological polar surface area (TPSA) is 210 Å². The zero-order chi connectivity index (χ0) is 40.7. The number of aliphatic hydroxyl groups excluding tert-OH is 5. The predicted molar refractivity (Wildman–Crippen MR) is 212 cm³/mol. The summed E-state index contributed by atoms with van der Waals surface area (Å²) in [6.07, 6.45) is 20.7. The van der Waals surface area contributed by atoms with Crippen molar-refractivity contribution in [3.05, 3.63) is 36.5 Å². The highest BCUT2D eigenvalue weighted by atomic mass is 31.2. The molecule has 13 nitrogen and oxygen atoms in total. The molecule has 1 saturated carbocycles. The molecule has 0 aromatic rings. The smallest absolute Gasteiger partial charge is 0.462 e. The Hall–Kier alpha value is -1.93. The number of aliphatic hydroxyl groups is 5. The van der Waals surface area contributed by atoms with E-state index in [1.807, 2.05) is 0 Å². The van der Waals surface area contributed by atoms with E-state index in [2.05, 4.69) is 50.3 Å². The van der Waals surface area contributed by atoms with Gasteiger partial charge in [0.2, 0.25) is 0 Å². The SMILES string of the molecule is CCCC/C=C\C/C=C\CCCCCCCC(=O)OC(COC(=O)CCCCCCC/C=C\CCCCC)COP(=O)(O)OC1C(O)C(O)C(O)C(O)C1O. The van der Waals surface area contributed by atoms with Crippen molar-refractivity contribution >= 4 is 19.8 Å². The van der Waals surface area contributed by atoms with Crippen LogP contribution in [-0.2, 0) is 32.7 Å². The first-order chi connectivity index (χ1) is 26.4. The lowest BCUT2D eigenvalue weighted by Crippen LogP contribution is -2.64. The van der Waals surface area contributed by atoms with E-state index in [0.29, 0.717) is 12.8 Å². The molecule has 55 heavy (non-hydrogen) atoms. The monoisotopic (exact) mass is 804 g/mol. The number of esters is 2. The fraction of sp³-hybridized carbons (Fsp3) is 0.805. The fourth-order valence-corrected chi connectivity index (χ4v) is 6.97. The molecule has 0 spiro atoms. The molecule has 0 radical (unpaired) electrons. The molecule has 0 bridgehead atoms. The van der Waals surface area contributed by atoms with Gasteiger partial charge in [0.15, 0.2) is 6.10 Å². The largest absolute Gasteiger partial charge is 0.472 e. The first kappa shape index (κ1) is 51.1. The van der Waals surface area contributed by atoms with Crippen LogP contribution in [0.15, 0.2) is 36.5 Å². The van der Waals surface area contributed by atoms with E-state index < -0.39 is 75.7 Å². The highest BCUT2D eigenvalue weighted by Crippen LogP contribution is 2.47. The average molecular weight is 805 g/mol. The summed E-state index contributed by atoms with van der Waals surface area (Å²) in [5.74, 6) is -1.13. The normalized spacial score (nSPS) is 23.4. The third-order valence-electron chi connectivity index (χ3n) is 9.45. The van der Waals surface area contributed by atoms with E-state index in [0.717, 1.165) is 83.5 Å². The van der Waals surface area contributed by atoms with Crippen LogP contribution in [0.5, 0.6) is 0 Å². The summed E-state index contributed by atoms with van der Waals surface area (Å²) < 4.78 is 33.4. The van der Waals surface area contributed by atoms with Crippen LogP contribution in [0.4, 0.5) is 0 Å². The molecule has 0 aliphatic heterocycles. The third-order valence-corrected chi connectivity index (χ3v) is 10.4. The first-order valence-corrected chi connectivity index (χ1v) is 22.3. The maximum Gasteiger partial charge on any atom is 0.472 e. The van der Waals surface area contributed by atoms with E-state index in [4.69, 9.17) is 18.5 Å². The van der Waals surface area contributed by atoms with Crippen LogP contribution in [0, 0.1) is 0 Å². The second-order valence-corrected chi connectivity index (χ2v) is 15.9. The highest BCUT2D eigenvalue weighted by molar-refractivity contribution is 7.47. The molecule has 0 aromatic heterocycles. The Labute approximate surface area is 329 Å². The molecule has 14 heteroatoms. The van der Waals surface area contributed by atoms with Crippen molar-refractivity contribution < 1.29 is 63.1 Å². The summed E-state index contributed by atoms with van der Waals surface area (Å²) in [4.78, 5) is 35.5. The number of rotatable bonds is 33. The lowest BCUT2D eigenvalue weighted by atomic mass is 9.85. The quantitative estimate of drug-likeness (QED) is 0.0170. The van der Waals surface area contributed by atoms with Gasteiger partial charge in [0.25, 0.3) is 0 Å². The second-order valence-electron chi connectivity index (χ2n) is 14.5. The van der Waals surface area contributed by atoms with Crippen molar-refractivity contribution in [3.8, 4) is 0 Å². The predicted octanol–water partition coefficient (Wildman–Crippen LogP) is 7.05. The summed E-state index contributed by atoms with van der Waals surface area (Å²) >= 11 is 0. The van der Waals surface area contributed by atoms with Crippen LogP contribution in [-0.4, -0.2) is 98.3 Å². The Morgan fingerprint density at radius 2 is 1.00 bits per heavy atom. The van der Waals surface area contributed by atoms with E-state index in [9.17, 15) is 44.6 Å². The van der Waals surface area contributed by atoms with Gasteiger partial charge >= 0.3 is 19.8 Å². The number of carbonyl (C=O) groups excluding carboxylic acids is 2. The van der Waals surface area contributed by atoms with Crippen molar-refractivity contribution in [3.63, 3.8) is 0 Å². The van der Waals surface area contributed by atoms with E-state index >= 15 is 0 Å². The van der Waals surface area contributed by atoms with Gasteiger partial charge in [-0.2, -0.15) is 0 Å². The van der Waals surface area contributed by atoms with Crippen molar-refractivity contribution in [2.24, 2.45) is 0 Å². The Balaban J connectivity index is 2.53. The van der Waals surface area contributed by atoms with Crippen LogP contribution in [0.25, 0.3) is 0 Å². The van der Waals surface area contributed by atoms with Gasteiger partial charge in [0.05, 0.1) is 6.61 Å². The summed E-state index contributed by atoms with van der Waals surface area (Å²) in [7, 11) is -5.12. The van der Waals surface area contributed by atoms with E-state index in [1.54, 1.807) is 0 Å². The minimum atomic E-state index is -5.12. The Bertz CT molecular complexity index is 1110. The summed E-state index contributed by atoms with van der Waals surface area (Å²) in [5.41, 5.74) is 0. The average Bonchev–Trinajstić information content (AvgIpc) is 3.16. The fourth-order valence-electron chi connectivity index (χ4n) is 6.00. The molecule has 0 heterocycles. The van der Waals surface area contributed by atoms with Gasteiger partial charge in [0, 0.05) is 12.8 Å². The minimum absolute atomic E-state index is 0.0786. The molecule has 0 aromatic carbocycles. The van der Waals surface area contributed by atoms with Crippen LogP contribution < -0.4 is 0 Å². The number of phosphoric ester groups is 1. The molecule has 6 atom stereocenters. The molecular formula is C41H73O13P. The van der Waals surface area contributed by atoms with E-state index in [-0.39, 0.29) is 12.8 Å². The number of carbonyl (C=O) groups is 2. The summed E-state index contributed by atoms with van der Waals surface area (Å²) in [5, 5.41) is 50.0. The Kier molecular flexibility index (Phi) is 29.8. The van der Waals surface area contributed by atoms with Crippen LogP contribution >= 0.6 is 7.82 Å². The molecule has 6 unspecified atom stereocenters. The van der Waals surface area contributed by atoms with Crippen molar-refractivity contribution in [2.45, 2.75) is 198 Å². The van der Waals surface area contributed by atoms with Gasteiger partial charge in [-0.3, -0.25) is 18.6 Å². The number of unbranched alkanes of at least 4 members (excludes halogenated alkanes) is 15. The lowest BCUT2D eigenvalue weighted by Gasteiger charge is -2.41. The molecule has 1 fully saturated rings. The summed E-state index contributed by atoms with van der Waals surface area (Å²) in [6, 6.07) is 0. The number of phosphoric acid groups is 1. The molecule has 320 valence electrons. The molecule has 1 aliphatic rings. The minimum Gasteiger partial charge on any atom is -0.462 e. The zero-order valence-electron chi connectivity index (χ0n) is 33.5. The van der Waals surface area contributed by atoms with Crippen molar-refractivity contribution in [1.82, 2.24) is 0 Å². The second kappa shape index (κ2) is 32.1. The molecule has 0 saturated heterocycles. The Morgan fingerprint density at radius 1 is 0.564 bits per heavy atom. The number of hydrogen-bond acceptors (Lipinski definition) is 12. The van der Waals surface area contributed by atoms with Gasteiger partial charge in [-0.05, 0) is 64.2 Å². The third kappa shape index (κ3) is 25.1. The summed E-state index contributed by atoms with van der Waals surface area (Å²) in [6.45, 7) is 3.18. The van der Waals surface area contributed by atoms with Gasteiger partial charge in [-0.25, -0.2) is 4.57 Å². The lowest BCUT2D eigenvalue weighted by molar-refractivity contribution is -0.220. The molecule has 1 rings (SSSR count). The molecule has 6 N–H and O–H groups in total. The van der Waals surface area contributed by atoms with Gasteiger partial charge in [0.1, 0.15) is 43.2 Å². The van der Waals surface area contributed by atoms with E-state index in [1.165, 1.54) is 32.1 Å². The number of ether oxygens (including phenoxy) is 2. The van der Waals surface area contributed by atoms with Crippen molar-refractivity contribution in [1.29, 1.82) is 0 Å². The Morgan fingerprint density at radius 3 is 1.55 bits per heavy atom. The van der Waals surface area contributed by atoms with Gasteiger partial charge < -0.3 is 39.9 Å². The highest BCUT2D eigenvalue weighted by Gasteiger charge is 2.51. The number of hydrogen-bond donors (Lipinski definition) is 6. The van der Waals surface area contributed by atoms with Crippen molar-refractivity contribution in [2.75, 3.05) is 13.2 Å². The van der Waals surface area contributed by atoms with Crippen LogP contribution in [0.3, 0.4) is 0 Å². The zero-order valence-corrected chi connectivity index (χ0v) is 34.4. The first-order valence-electron chi connectivity index (χ1n) is 20.8. The maximum absolute atomic E-state index is 12.8. The van der Waals surface area contributed by atoms with Gasteiger partial charge in [-0.15, -0.1) is 0 Å². The van der Waals surface area contributed by atoms with Crippen LogP contribution in [0.2, 0.25) is 0 Å². The standard InChI is InChI=1S/C41H73O13P/c1-3-5-7-9-11-13-15-17-18-20-22-24-26-28-30-35(43)53-33(31-51-34(42)29-27-25-23-21-19-16-14-12-10-8-6-4-2)32-52-55(49,50)54-41-39(47)37(45)36(44)38(46)40(41)48/h9,11-12,14-15,17,33,36-41,44-48H,3-8,10,13,16,18-32H2,1-2H3,(H,49,50)/b11-9-,14-12-,17-15-. The maximum atomic E-state index is 12.8. The molecule has 1 aliphatic carbocycles. The van der Waals surface area contributed by atoms with Gasteiger partial charge in [-0.1, -0.05) is 115 Å². The molecular weight excluding hydrogens is 731 g/mol. The van der Waals surface area contributed by atoms with Crippen LogP contribution in [0.1, 0.15) is 155 Å².